The van der Waals surface area contributed by atoms with Crippen molar-refractivity contribution < 1.29 is 19.1 Å². The Hall–Kier alpha value is -1.99. The van der Waals surface area contributed by atoms with Crippen molar-refractivity contribution in [3.8, 4) is 0 Å². The predicted molar refractivity (Wildman–Crippen MR) is 92.2 cm³/mol. The van der Waals surface area contributed by atoms with E-state index < -0.39 is 5.60 Å². The quantitative estimate of drug-likeness (QED) is 0.679. The number of piperidine rings is 1. The highest BCUT2D eigenvalue weighted by Gasteiger charge is 2.33. The molecule has 6 nitrogen and oxygen atoms in total. The van der Waals surface area contributed by atoms with Crippen molar-refractivity contribution in [2.24, 2.45) is 0 Å². The van der Waals surface area contributed by atoms with E-state index in [0.29, 0.717) is 24.9 Å². The highest BCUT2D eigenvalue weighted by atomic mass is 19.1. The lowest BCUT2D eigenvalue weighted by atomic mass is 9.88. The number of β-amino-alcohol motifs (C(OH)–C–C–N with tert-alkyl or cyclic N) is 1. The number of aliphatic hydroxyl groups is 1. The molecule has 0 spiro atoms. The number of amides is 2. The van der Waals surface area contributed by atoms with E-state index in [1.807, 2.05) is 4.90 Å². The van der Waals surface area contributed by atoms with Crippen molar-refractivity contribution in [1.82, 2.24) is 15.5 Å². The van der Waals surface area contributed by atoms with Crippen LogP contribution in [0, 0.1) is 5.82 Å². The Balaban J connectivity index is 1.78. The van der Waals surface area contributed by atoms with Crippen LogP contribution in [0.25, 0.3) is 0 Å². The van der Waals surface area contributed by atoms with E-state index in [1.165, 1.54) is 12.1 Å². The smallest absolute Gasteiger partial charge is 0.234 e. The number of hydrogen-bond donors (Lipinski definition) is 3. The normalized spacial score (nSPS) is 20.9. The van der Waals surface area contributed by atoms with Gasteiger partial charge in [0.15, 0.2) is 0 Å². The first-order valence-electron chi connectivity index (χ1n) is 8.57. The highest BCUT2D eigenvalue weighted by Crippen LogP contribution is 2.25. The van der Waals surface area contributed by atoms with E-state index in [-0.39, 0.29) is 37.1 Å². The first kappa shape index (κ1) is 19.3. The maximum absolute atomic E-state index is 13.1. The van der Waals surface area contributed by atoms with Gasteiger partial charge in [0.2, 0.25) is 11.8 Å². The van der Waals surface area contributed by atoms with Crippen LogP contribution in [0.15, 0.2) is 24.3 Å². The van der Waals surface area contributed by atoms with Crippen LogP contribution in [0.5, 0.6) is 0 Å². The van der Waals surface area contributed by atoms with E-state index in [1.54, 1.807) is 19.2 Å². The van der Waals surface area contributed by atoms with E-state index in [9.17, 15) is 19.1 Å². The van der Waals surface area contributed by atoms with Gasteiger partial charge in [0.1, 0.15) is 5.82 Å². The second-order valence-corrected chi connectivity index (χ2v) is 6.62. The lowest BCUT2D eigenvalue weighted by Crippen LogP contribution is -2.51. The number of likely N-dealkylation sites (tertiary alicyclic amines) is 1. The standard InChI is InChI=1S/C18H26FN3O3/c1-20-16(23)6-8-18(25)7-3-9-22(13-18)12-17(24)21-11-14-4-2-5-15(19)10-14/h2,4-5,10,25H,3,6-9,11-13H2,1H3,(H,20,23)(H,21,24). The van der Waals surface area contributed by atoms with E-state index in [0.717, 1.165) is 13.0 Å². The number of hydrogen-bond acceptors (Lipinski definition) is 4. The van der Waals surface area contributed by atoms with Gasteiger partial charge in [0.05, 0.1) is 12.1 Å². The Kier molecular flexibility index (Phi) is 6.90. The molecule has 0 bridgehead atoms. The molecule has 1 aromatic carbocycles. The molecule has 1 aliphatic rings. The molecule has 2 rings (SSSR count). The molecule has 1 heterocycles. The van der Waals surface area contributed by atoms with Gasteiger partial charge in [-0.2, -0.15) is 0 Å². The number of nitrogens with zero attached hydrogens (tertiary/aromatic N) is 1. The number of benzene rings is 1. The maximum atomic E-state index is 13.1. The van der Waals surface area contributed by atoms with Crippen molar-refractivity contribution in [3.63, 3.8) is 0 Å². The molecule has 1 unspecified atom stereocenters. The fraction of sp³-hybridized carbons (Fsp3) is 0.556. The fourth-order valence-electron chi connectivity index (χ4n) is 3.12. The Bertz CT molecular complexity index is 611. The third-order valence-electron chi connectivity index (χ3n) is 4.48. The van der Waals surface area contributed by atoms with Gasteiger partial charge in [-0.05, 0) is 43.5 Å². The van der Waals surface area contributed by atoms with E-state index in [4.69, 9.17) is 0 Å². The van der Waals surface area contributed by atoms with Crippen LogP contribution in [0.1, 0.15) is 31.2 Å². The predicted octanol–water partition coefficient (Wildman–Crippen LogP) is 0.795. The summed E-state index contributed by atoms with van der Waals surface area (Å²) in [7, 11) is 1.57. The largest absolute Gasteiger partial charge is 0.389 e. The molecule has 2 amide bonds. The second kappa shape index (κ2) is 8.92. The minimum atomic E-state index is -0.937. The Morgan fingerprint density at radius 3 is 2.88 bits per heavy atom. The SMILES string of the molecule is CNC(=O)CCC1(O)CCCN(CC(=O)NCc2cccc(F)c2)C1. The molecule has 1 aromatic rings. The molecule has 0 aliphatic carbocycles. The summed E-state index contributed by atoms with van der Waals surface area (Å²) in [6.45, 7) is 1.55. The Labute approximate surface area is 147 Å². The number of carbonyl (C=O) groups excluding carboxylic acids is 2. The Morgan fingerprint density at radius 1 is 1.36 bits per heavy atom. The van der Waals surface area contributed by atoms with Crippen LogP contribution in [-0.4, -0.2) is 54.1 Å². The Morgan fingerprint density at radius 2 is 2.16 bits per heavy atom. The van der Waals surface area contributed by atoms with Crippen molar-refractivity contribution in [3.05, 3.63) is 35.6 Å². The highest BCUT2D eigenvalue weighted by molar-refractivity contribution is 5.78. The number of halogens is 1. The summed E-state index contributed by atoms with van der Waals surface area (Å²) in [5, 5.41) is 16.0. The molecule has 7 heteroatoms. The van der Waals surface area contributed by atoms with Gasteiger partial charge in [0, 0.05) is 26.6 Å². The van der Waals surface area contributed by atoms with Crippen molar-refractivity contribution in [2.75, 3.05) is 26.7 Å². The third-order valence-corrected chi connectivity index (χ3v) is 4.48. The summed E-state index contributed by atoms with van der Waals surface area (Å²) in [5.41, 5.74) is -0.234. The van der Waals surface area contributed by atoms with Gasteiger partial charge < -0.3 is 15.7 Å². The third kappa shape index (κ3) is 6.43. The van der Waals surface area contributed by atoms with E-state index >= 15 is 0 Å². The summed E-state index contributed by atoms with van der Waals surface area (Å²) in [4.78, 5) is 25.4. The molecular weight excluding hydrogens is 325 g/mol. The molecule has 1 atom stereocenters. The average molecular weight is 351 g/mol. The lowest BCUT2D eigenvalue weighted by Gasteiger charge is -2.38. The summed E-state index contributed by atoms with van der Waals surface area (Å²) in [6.07, 6.45) is 2.06. The van der Waals surface area contributed by atoms with E-state index in [2.05, 4.69) is 10.6 Å². The monoisotopic (exact) mass is 351 g/mol. The van der Waals surface area contributed by atoms with Gasteiger partial charge in [0.25, 0.3) is 0 Å². The zero-order valence-corrected chi connectivity index (χ0v) is 14.6. The van der Waals surface area contributed by atoms with Crippen molar-refractivity contribution in [2.45, 2.75) is 37.8 Å². The summed E-state index contributed by atoms with van der Waals surface area (Å²) >= 11 is 0. The van der Waals surface area contributed by atoms with Gasteiger partial charge in [-0.1, -0.05) is 12.1 Å². The number of rotatable bonds is 7. The van der Waals surface area contributed by atoms with Crippen molar-refractivity contribution >= 4 is 11.8 Å². The van der Waals surface area contributed by atoms with Crippen LogP contribution in [0.2, 0.25) is 0 Å². The molecule has 0 saturated carbocycles. The minimum absolute atomic E-state index is 0.0987. The first-order chi connectivity index (χ1) is 11.9. The minimum Gasteiger partial charge on any atom is -0.389 e. The number of nitrogens with one attached hydrogen (secondary N) is 2. The summed E-state index contributed by atoms with van der Waals surface area (Å²) < 4.78 is 13.1. The van der Waals surface area contributed by atoms with Crippen LogP contribution in [-0.2, 0) is 16.1 Å². The van der Waals surface area contributed by atoms with Gasteiger partial charge >= 0.3 is 0 Å². The van der Waals surface area contributed by atoms with Crippen LogP contribution >= 0.6 is 0 Å². The molecule has 3 N–H and O–H groups in total. The van der Waals surface area contributed by atoms with Crippen molar-refractivity contribution in [1.29, 1.82) is 0 Å². The van der Waals surface area contributed by atoms with Gasteiger partial charge in [-0.3, -0.25) is 14.5 Å². The lowest BCUT2D eigenvalue weighted by molar-refractivity contribution is -0.126. The molecule has 1 saturated heterocycles. The fourth-order valence-corrected chi connectivity index (χ4v) is 3.12. The van der Waals surface area contributed by atoms with Gasteiger partial charge in [-0.15, -0.1) is 0 Å². The molecule has 0 radical (unpaired) electrons. The second-order valence-electron chi connectivity index (χ2n) is 6.62. The summed E-state index contributed by atoms with van der Waals surface area (Å²) in [5.74, 6) is -0.595. The van der Waals surface area contributed by atoms with Crippen LogP contribution in [0.3, 0.4) is 0 Å². The average Bonchev–Trinajstić information content (AvgIpc) is 2.58. The number of carbonyl (C=O) groups is 2. The first-order valence-corrected chi connectivity index (χ1v) is 8.57. The summed E-state index contributed by atoms with van der Waals surface area (Å²) in [6, 6.07) is 6.10. The zero-order valence-electron chi connectivity index (χ0n) is 14.6. The van der Waals surface area contributed by atoms with Crippen LogP contribution in [0.4, 0.5) is 4.39 Å². The molecule has 138 valence electrons. The topological polar surface area (TPSA) is 81.7 Å². The molecular formula is C18H26FN3O3. The molecule has 1 fully saturated rings. The van der Waals surface area contributed by atoms with Gasteiger partial charge in [-0.25, -0.2) is 4.39 Å². The molecule has 1 aliphatic heterocycles. The van der Waals surface area contributed by atoms with Crippen LogP contribution < -0.4 is 10.6 Å². The molecule has 25 heavy (non-hydrogen) atoms. The zero-order chi connectivity index (χ0) is 18.3. The molecule has 0 aromatic heterocycles. The maximum Gasteiger partial charge on any atom is 0.234 e.